The molecule has 0 aromatic heterocycles. The van der Waals surface area contributed by atoms with E-state index in [-0.39, 0.29) is 28.5 Å². The van der Waals surface area contributed by atoms with Crippen LogP contribution in [0.4, 0.5) is 30.2 Å². The Labute approximate surface area is 364 Å². The fraction of sp³-hybridized carbons (Fsp3) is 0.400. The maximum absolute atomic E-state index is 14.9. The van der Waals surface area contributed by atoms with Crippen molar-refractivity contribution in [2.45, 2.75) is 56.9 Å². The van der Waals surface area contributed by atoms with Crippen LogP contribution in [0.3, 0.4) is 0 Å². The number of halogens is 4. The molecular weight excluding hydrogens is 845 g/mol. The largest absolute Gasteiger partial charge is 0.453 e. The molecule has 330 valence electrons. The van der Waals surface area contributed by atoms with Crippen LogP contribution in [0.2, 0.25) is 5.02 Å². The van der Waals surface area contributed by atoms with Crippen LogP contribution in [0.15, 0.2) is 89.3 Å². The predicted octanol–water partition coefficient (Wildman–Crippen LogP) is 9.07. The van der Waals surface area contributed by atoms with Crippen molar-refractivity contribution in [1.29, 1.82) is 0 Å². The van der Waals surface area contributed by atoms with E-state index in [4.69, 9.17) is 16.3 Å². The number of rotatable bonds is 14. The third-order valence-corrected chi connectivity index (χ3v) is 13.5. The van der Waals surface area contributed by atoms with Gasteiger partial charge < -0.3 is 19.9 Å². The minimum Gasteiger partial charge on any atom is -0.453 e. The number of amides is 1. The third kappa shape index (κ3) is 10.7. The molecule has 3 aliphatic rings. The molecule has 0 saturated carbocycles. The molecule has 12 nitrogen and oxygen atoms in total. The SMILES string of the molecule is CC1(C)CCC(CN2CCN(c3ccc(C(=O)NS(=O)(=O)c4ccc(NC5CCN(CCF)CC5)c([N+](=O)[O-])c4)c(Oc4cccc(F)c4F)c3)CC2)=C(c2ccc(Cl)cc2)C1. The zero-order valence-electron chi connectivity index (χ0n) is 34.6. The van der Waals surface area contributed by atoms with Gasteiger partial charge in [0.1, 0.15) is 18.1 Å². The number of anilines is 2. The Kier molecular flexibility index (Phi) is 13.8. The number of likely N-dealkylation sites (tertiary alicyclic amines) is 1. The van der Waals surface area contributed by atoms with E-state index in [2.05, 4.69) is 41.1 Å². The van der Waals surface area contributed by atoms with E-state index in [9.17, 15) is 36.5 Å². The van der Waals surface area contributed by atoms with Gasteiger partial charge in [0.25, 0.3) is 21.6 Å². The lowest BCUT2D eigenvalue weighted by Gasteiger charge is -2.39. The number of hydrogen-bond acceptors (Lipinski definition) is 10. The molecule has 2 N–H and O–H groups in total. The van der Waals surface area contributed by atoms with Crippen molar-refractivity contribution >= 4 is 50.2 Å². The first-order chi connectivity index (χ1) is 29.6. The third-order valence-electron chi connectivity index (χ3n) is 11.9. The van der Waals surface area contributed by atoms with Gasteiger partial charge in [-0.05, 0) is 97.2 Å². The summed E-state index contributed by atoms with van der Waals surface area (Å²) in [7, 11) is -4.70. The number of hydrogen-bond donors (Lipinski definition) is 2. The lowest BCUT2D eigenvalue weighted by Crippen LogP contribution is -2.47. The first-order valence-corrected chi connectivity index (χ1v) is 22.6. The second-order valence-electron chi connectivity index (χ2n) is 16.8. The highest BCUT2D eigenvalue weighted by Crippen LogP contribution is 2.43. The number of benzene rings is 4. The molecule has 4 aromatic rings. The second kappa shape index (κ2) is 19.1. The molecule has 7 rings (SSSR count). The summed E-state index contributed by atoms with van der Waals surface area (Å²) < 4.78 is 77.0. The summed E-state index contributed by atoms with van der Waals surface area (Å²) in [6, 6.07) is 18.9. The second-order valence-corrected chi connectivity index (χ2v) is 19.0. The number of allylic oxidation sites excluding steroid dienone is 1. The zero-order chi connectivity index (χ0) is 44.2. The fourth-order valence-corrected chi connectivity index (χ4v) is 9.50. The van der Waals surface area contributed by atoms with Gasteiger partial charge in [0.05, 0.1) is 15.4 Å². The minimum atomic E-state index is -4.70. The molecule has 1 aliphatic carbocycles. The van der Waals surface area contributed by atoms with Crippen LogP contribution in [0, 0.1) is 27.2 Å². The maximum Gasteiger partial charge on any atom is 0.293 e. The molecular formula is C45H50ClF3N6O6S. The quantitative estimate of drug-likeness (QED) is 0.0932. The Morgan fingerprint density at radius 2 is 1.66 bits per heavy atom. The van der Waals surface area contributed by atoms with Gasteiger partial charge in [-0.3, -0.25) is 19.8 Å². The van der Waals surface area contributed by atoms with Crippen LogP contribution in [-0.4, -0.2) is 94.1 Å². The van der Waals surface area contributed by atoms with Crippen LogP contribution in [0.25, 0.3) is 5.57 Å². The number of nitrogens with zero attached hydrogens (tertiary/aromatic N) is 4. The molecule has 1 amide bonds. The molecule has 0 radical (unpaired) electrons. The van der Waals surface area contributed by atoms with E-state index in [1.807, 2.05) is 21.8 Å². The predicted molar refractivity (Wildman–Crippen MR) is 234 cm³/mol. The summed E-state index contributed by atoms with van der Waals surface area (Å²) in [5.41, 5.74) is 4.03. The van der Waals surface area contributed by atoms with Gasteiger partial charge in [0.2, 0.25) is 5.82 Å². The standard InChI is InChI=1S/C45H50ClF3N6O6S/c1-45(2)17-14-31(37(28-45)30-6-8-32(46)9-7-30)29-53-22-24-54(25-23-53)34-10-12-36(42(26-34)61-41-5-3-4-38(48)43(41)49)44(56)51-62(59,60)35-11-13-39(40(27-35)55(57)58)50-33-15-19-52(20-16-33)21-18-47/h3-13,26-27,33,50H,14-25,28-29H2,1-2H3,(H,51,56). The average molecular weight is 895 g/mol. The molecule has 0 unspecified atom stereocenters. The highest BCUT2D eigenvalue weighted by molar-refractivity contribution is 7.90. The summed E-state index contributed by atoms with van der Waals surface area (Å²) in [4.78, 5) is 31.1. The van der Waals surface area contributed by atoms with Gasteiger partial charge in [-0.2, -0.15) is 4.39 Å². The Bertz CT molecular complexity index is 2440. The van der Waals surface area contributed by atoms with Crippen molar-refractivity contribution in [2.75, 3.05) is 69.2 Å². The van der Waals surface area contributed by atoms with Crippen LogP contribution in [0.1, 0.15) is 61.9 Å². The van der Waals surface area contributed by atoms with Crippen LogP contribution in [-0.2, 0) is 10.0 Å². The van der Waals surface area contributed by atoms with Crippen molar-refractivity contribution in [3.05, 3.63) is 122 Å². The summed E-state index contributed by atoms with van der Waals surface area (Å²) in [5.74, 6) is -4.38. The number of ether oxygens (including phenoxy) is 1. The number of carbonyl (C=O) groups excluding carboxylic acids is 1. The van der Waals surface area contributed by atoms with Crippen molar-refractivity contribution in [3.63, 3.8) is 0 Å². The number of sulfonamides is 1. The van der Waals surface area contributed by atoms with E-state index < -0.39 is 55.5 Å². The lowest BCUT2D eigenvalue weighted by atomic mass is 9.72. The van der Waals surface area contributed by atoms with Gasteiger partial charge >= 0.3 is 0 Å². The highest BCUT2D eigenvalue weighted by Gasteiger charge is 2.31. The number of piperazine rings is 1. The molecule has 62 heavy (non-hydrogen) atoms. The van der Waals surface area contributed by atoms with E-state index >= 15 is 0 Å². The molecule has 4 aromatic carbocycles. The Morgan fingerprint density at radius 3 is 2.35 bits per heavy atom. The Hall–Kier alpha value is -5.16. The molecule has 2 heterocycles. The van der Waals surface area contributed by atoms with Gasteiger partial charge in [0.15, 0.2) is 11.6 Å². The zero-order valence-corrected chi connectivity index (χ0v) is 36.2. The molecule has 0 atom stereocenters. The number of nitro benzene ring substituents is 1. The van der Waals surface area contributed by atoms with E-state index in [1.165, 1.54) is 47.0 Å². The normalized spacial score (nSPS) is 17.8. The number of carbonyl (C=O) groups is 1. The summed E-state index contributed by atoms with van der Waals surface area (Å²) >= 11 is 6.21. The van der Waals surface area contributed by atoms with Crippen LogP contribution >= 0.6 is 11.6 Å². The van der Waals surface area contributed by atoms with Gasteiger partial charge in [-0.1, -0.05) is 49.2 Å². The van der Waals surface area contributed by atoms with E-state index in [1.54, 1.807) is 6.07 Å². The van der Waals surface area contributed by atoms with Crippen molar-refractivity contribution < 1.29 is 36.0 Å². The van der Waals surface area contributed by atoms with E-state index in [0.717, 1.165) is 57.1 Å². The number of nitrogens with one attached hydrogen (secondary N) is 2. The Balaban J connectivity index is 1.08. The number of nitro groups is 1. The van der Waals surface area contributed by atoms with Crippen LogP contribution in [0.5, 0.6) is 11.5 Å². The first-order valence-electron chi connectivity index (χ1n) is 20.7. The Morgan fingerprint density at radius 1 is 0.935 bits per heavy atom. The molecule has 2 fully saturated rings. The fourth-order valence-electron chi connectivity index (χ4n) is 8.39. The van der Waals surface area contributed by atoms with Crippen molar-refractivity contribution in [2.24, 2.45) is 5.41 Å². The topological polar surface area (TPSA) is 137 Å². The lowest BCUT2D eigenvalue weighted by molar-refractivity contribution is -0.384. The van der Waals surface area contributed by atoms with Crippen molar-refractivity contribution in [3.8, 4) is 11.5 Å². The smallest absolute Gasteiger partial charge is 0.293 e. The average Bonchev–Trinajstić information content (AvgIpc) is 3.24. The molecule has 2 saturated heterocycles. The van der Waals surface area contributed by atoms with Crippen molar-refractivity contribution in [1.82, 2.24) is 14.5 Å². The van der Waals surface area contributed by atoms with Crippen LogP contribution < -0.4 is 19.7 Å². The molecule has 0 bridgehead atoms. The maximum atomic E-state index is 14.9. The van der Waals surface area contributed by atoms with Gasteiger partial charge in [-0.25, -0.2) is 21.9 Å². The van der Waals surface area contributed by atoms with Gasteiger partial charge in [-0.15, -0.1) is 0 Å². The van der Waals surface area contributed by atoms with E-state index in [0.29, 0.717) is 56.3 Å². The highest BCUT2D eigenvalue weighted by atomic mass is 35.5. The minimum absolute atomic E-state index is 0.103. The molecule has 17 heteroatoms. The molecule has 2 aliphatic heterocycles. The monoisotopic (exact) mass is 894 g/mol. The first kappa shape index (κ1) is 44.9. The number of alkyl halides is 1. The molecule has 0 spiro atoms. The summed E-state index contributed by atoms with van der Waals surface area (Å²) in [6.45, 7) is 9.10. The van der Waals surface area contributed by atoms with Gasteiger partial charge in [0, 0.05) is 81.2 Å². The summed E-state index contributed by atoms with van der Waals surface area (Å²) in [6.07, 6.45) is 4.26. The number of piperidine rings is 1. The summed E-state index contributed by atoms with van der Waals surface area (Å²) in [5, 5.41) is 15.9.